The predicted octanol–water partition coefficient (Wildman–Crippen LogP) is 3.49. The number of carbonyl (C=O) groups is 1. The quantitative estimate of drug-likeness (QED) is 0.787. The Balaban J connectivity index is 1.86. The van der Waals surface area contributed by atoms with Crippen molar-refractivity contribution in [1.82, 2.24) is 9.21 Å². The maximum atomic E-state index is 13.1. The van der Waals surface area contributed by atoms with E-state index in [-0.39, 0.29) is 10.5 Å². The van der Waals surface area contributed by atoms with E-state index in [1.54, 1.807) is 31.2 Å². The third-order valence-electron chi connectivity index (χ3n) is 4.71. The molecule has 1 saturated heterocycles. The van der Waals surface area contributed by atoms with Crippen LogP contribution < -0.4 is 5.32 Å². The number of benzene rings is 2. The molecular weight excluding hydrogens is 421 g/mol. The van der Waals surface area contributed by atoms with Crippen LogP contribution in [0.2, 0.25) is 10.0 Å². The van der Waals surface area contributed by atoms with Gasteiger partial charge in [-0.15, -0.1) is 0 Å². The average molecular weight is 442 g/mol. The van der Waals surface area contributed by atoms with Gasteiger partial charge in [-0.25, -0.2) is 8.42 Å². The van der Waals surface area contributed by atoms with Crippen LogP contribution in [0.1, 0.15) is 15.9 Å². The fraction of sp³-hybridized carbons (Fsp3) is 0.316. The molecule has 0 saturated carbocycles. The lowest BCUT2D eigenvalue weighted by molar-refractivity contribution is 0.102. The largest absolute Gasteiger partial charge is 0.322 e. The van der Waals surface area contributed by atoms with E-state index < -0.39 is 15.9 Å². The minimum absolute atomic E-state index is 0.152. The first kappa shape index (κ1) is 21.1. The molecule has 1 aliphatic rings. The fourth-order valence-electron chi connectivity index (χ4n) is 2.96. The molecule has 2 aromatic rings. The highest BCUT2D eigenvalue weighted by molar-refractivity contribution is 7.89. The van der Waals surface area contributed by atoms with Gasteiger partial charge in [0.2, 0.25) is 10.0 Å². The Bertz CT molecular complexity index is 1000. The Morgan fingerprint density at radius 3 is 2.32 bits per heavy atom. The van der Waals surface area contributed by atoms with E-state index in [1.807, 2.05) is 7.05 Å². The zero-order valence-electron chi connectivity index (χ0n) is 15.6. The standard InChI is InChI=1S/C19H21Cl2N3O3S/c1-13-3-4-14(19(25)22-15-5-6-16(20)17(21)12-15)11-18(13)28(26,27)24-9-7-23(2)8-10-24/h3-6,11-12H,7-10H2,1-2H3,(H,22,25). The zero-order chi connectivity index (χ0) is 20.5. The van der Waals surface area contributed by atoms with E-state index in [4.69, 9.17) is 23.2 Å². The molecule has 9 heteroatoms. The number of sulfonamides is 1. The number of anilines is 1. The van der Waals surface area contributed by atoms with Crippen LogP contribution in [0.4, 0.5) is 5.69 Å². The Hall–Kier alpha value is -1.64. The van der Waals surface area contributed by atoms with Crippen molar-refractivity contribution < 1.29 is 13.2 Å². The number of hydrogen-bond acceptors (Lipinski definition) is 4. The van der Waals surface area contributed by atoms with Gasteiger partial charge in [0.15, 0.2) is 0 Å². The summed E-state index contributed by atoms with van der Waals surface area (Å²) in [5.74, 6) is -0.423. The van der Waals surface area contributed by atoms with Crippen molar-refractivity contribution in [2.24, 2.45) is 0 Å². The Kier molecular flexibility index (Phi) is 6.31. The van der Waals surface area contributed by atoms with Gasteiger partial charge in [-0.05, 0) is 49.9 Å². The van der Waals surface area contributed by atoms with Gasteiger partial charge in [-0.2, -0.15) is 4.31 Å². The maximum Gasteiger partial charge on any atom is 0.255 e. The number of nitrogens with one attached hydrogen (secondary N) is 1. The summed E-state index contributed by atoms with van der Waals surface area (Å²) in [5.41, 5.74) is 1.33. The summed E-state index contributed by atoms with van der Waals surface area (Å²) in [7, 11) is -1.71. The first-order valence-electron chi connectivity index (χ1n) is 8.74. The molecule has 0 aliphatic carbocycles. The Labute approximate surface area is 175 Å². The lowest BCUT2D eigenvalue weighted by Gasteiger charge is -2.32. The number of carbonyl (C=O) groups excluding carboxylic acids is 1. The summed E-state index contributed by atoms with van der Waals surface area (Å²) in [5, 5.41) is 3.42. The minimum Gasteiger partial charge on any atom is -0.322 e. The second-order valence-corrected chi connectivity index (χ2v) is 9.49. The van der Waals surface area contributed by atoms with Crippen LogP contribution in [0.5, 0.6) is 0 Å². The topological polar surface area (TPSA) is 69.7 Å². The van der Waals surface area contributed by atoms with Crippen molar-refractivity contribution in [3.63, 3.8) is 0 Å². The van der Waals surface area contributed by atoms with Crippen molar-refractivity contribution in [2.75, 3.05) is 38.5 Å². The third-order valence-corrected chi connectivity index (χ3v) is 7.49. The molecule has 1 aliphatic heterocycles. The second-order valence-electron chi connectivity index (χ2n) is 6.77. The number of nitrogens with zero attached hydrogens (tertiary/aromatic N) is 2. The van der Waals surface area contributed by atoms with Crippen LogP contribution in [0.25, 0.3) is 0 Å². The third kappa shape index (κ3) is 4.50. The molecule has 0 unspecified atom stereocenters. The molecule has 0 spiro atoms. The first-order valence-corrected chi connectivity index (χ1v) is 10.9. The minimum atomic E-state index is -3.67. The molecule has 2 aromatic carbocycles. The molecule has 1 fully saturated rings. The number of amides is 1. The van der Waals surface area contributed by atoms with Crippen molar-refractivity contribution in [1.29, 1.82) is 0 Å². The fourth-order valence-corrected chi connectivity index (χ4v) is 4.94. The normalized spacial score (nSPS) is 16.1. The van der Waals surface area contributed by atoms with Gasteiger partial charge in [-0.3, -0.25) is 4.79 Å². The number of aryl methyl sites for hydroxylation is 1. The second kappa shape index (κ2) is 8.39. The summed E-state index contributed by atoms with van der Waals surface area (Å²) >= 11 is 11.9. The van der Waals surface area contributed by atoms with Crippen molar-refractivity contribution in [2.45, 2.75) is 11.8 Å². The molecule has 0 bridgehead atoms. The first-order chi connectivity index (χ1) is 13.2. The molecule has 1 heterocycles. The summed E-state index contributed by atoms with van der Waals surface area (Å²) in [6, 6.07) is 9.42. The van der Waals surface area contributed by atoms with E-state index in [1.165, 1.54) is 16.4 Å². The van der Waals surface area contributed by atoms with E-state index >= 15 is 0 Å². The van der Waals surface area contributed by atoms with Crippen LogP contribution in [0.15, 0.2) is 41.3 Å². The van der Waals surface area contributed by atoms with E-state index in [0.717, 1.165) is 0 Å². The molecule has 0 aromatic heterocycles. The number of hydrogen-bond donors (Lipinski definition) is 1. The van der Waals surface area contributed by atoms with Gasteiger partial charge < -0.3 is 10.2 Å². The van der Waals surface area contributed by atoms with Gasteiger partial charge in [0.1, 0.15) is 0 Å². The zero-order valence-corrected chi connectivity index (χ0v) is 17.9. The highest BCUT2D eigenvalue weighted by Crippen LogP contribution is 2.26. The molecule has 28 heavy (non-hydrogen) atoms. The van der Waals surface area contributed by atoms with Crippen LogP contribution in [-0.2, 0) is 10.0 Å². The van der Waals surface area contributed by atoms with Crippen molar-refractivity contribution in [3.05, 3.63) is 57.6 Å². The number of likely N-dealkylation sites (N-methyl/N-ethyl adjacent to an activating group) is 1. The van der Waals surface area contributed by atoms with Gasteiger partial charge in [-0.1, -0.05) is 29.3 Å². The Morgan fingerprint density at radius 2 is 1.68 bits per heavy atom. The molecule has 150 valence electrons. The molecule has 0 radical (unpaired) electrons. The highest BCUT2D eigenvalue weighted by Gasteiger charge is 2.29. The summed E-state index contributed by atoms with van der Waals surface area (Å²) < 4.78 is 27.6. The van der Waals surface area contributed by atoms with Crippen LogP contribution in [-0.4, -0.2) is 56.8 Å². The van der Waals surface area contributed by atoms with Crippen LogP contribution in [0.3, 0.4) is 0 Å². The van der Waals surface area contributed by atoms with Crippen LogP contribution in [0, 0.1) is 6.92 Å². The van der Waals surface area contributed by atoms with Gasteiger partial charge in [0, 0.05) is 37.4 Å². The summed E-state index contributed by atoms with van der Waals surface area (Å²) in [4.78, 5) is 14.9. The lowest BCUT2D eigenvalue weighted by atomic mass is 10.1. The van der Waals surface area contributed by atoms with Crippen molar-refractivity contribution in [3.8, 4) is 0 Å². The van der Waals surface area contributed by atoms with Gasteiger partial charge >= 0.3 is 0 Å². The summed E-state index contributed by atoms with van der Waals surface area (Å²) in [6.07, 6.45) is 0. The predicted molar refractivity (Wildman–Crippen MR) is 112 cm³/mol. The maximum absolute atomic E-state index is 13.1. The number of piperazine rings is 1. The number of halogens is 2. The SMILES string of the molecule is Cc1ccc(C(=O)Nc2ccc(Cl)c(Cl)c2)cc1S(=O)(=O)N1CCN(C)CC1. The molecule has 3 rings (SSSR count). The monoisotopic (exact) mass is 441 g/mol. The van der Waals surface area contributed by atoms with E-state index in [2.05, 4.69) is 10.2 Å². The molecule has 1 N–H and O–H groups in total. The lowest BCUT2D eigenvalue weighted by Crippen LogP contribution is -2.47. The highest BCUT2D eigenvalue weighted by atomic mass is 35.5. The molecule has 1 amide bonds. The molecule has 6 nitrogen and oxygen atoms in total. The average Bonchev–Trinajstić information content (AvgIpc) is 2.65. The van der Waals surface area contributed by atoms with E-state index in [9.17, 15) is 13.2 Å². The van der Waals surface area contributed by atoms with Gasteiger partial charge in [0.05, 0.1) is 14.9 Å². The van der Waals surface area contributed by atoms with E-state index in [0.29, 0.717) is 47.5 Å². The smallest absolute Gasteiger partial charge is 0.255 e. The molecule has 0 atom stereocenters. The van der Waals surface area contributed by atoms with Crippen molar-refractivity contribution >= 4 is 44.8 Å². The number of rotatable bonds is 4. The van der Waals surface area contributed by atoms with Gasteiger partial charge in [0.25, 0.3) is 5.91 Å². The molecular formula is C19H21Cl2N3O3S. The Morgan fingerprint density at radius 1 is 1.00 bits per heavy atom. The summed E-state index contributed by atoms with van der Waals surface area (Å²) in [6.45, 7) is 3.94. The van der Waals surface area contributed by atoms with Crippen LogP contribution >= 0.6 is 23.2 Å².